The Bertz CT molecular complexity index is 904. The molecule has 0 spiro atoms. The van der Waals surface area contributed by atoms with E-state index in [-0.39, 0.29) is 0 Å². The Balaban J connectivity index is 1.46. The van der Waals surface area contributed by atoms with E-state index in [2.05, 4.69) is 56.2 Å². The highest BCUT2D eigenvalue weighted by molar-refractivity contribution is 5.84. The number of nitrogens with zero attached hydrogens (tertiary/aromatic N) is 4. The van der Waals surface area contributed by atoms with E-state index in [4.69, 9.17) is 4.74 Å². The van der Waals surface area contributed by atoms with E-state index < -0.39 is 0 Å². The van der Waals surface area contributed by atoms with Crippen LogP contribution in [0.4, 0.5) is 0 Å². The van der Waals surface area contributed by atoms with Crippen LogP contribution in [0.5, 0.6) is 0 Å². The molecule has 0 atom stereocenters. The Labute approximate surface area is 179 Å². The summed E-state index contributed by atoms with van der Waals surface area (Å²) < 4.78 is 5.24. The number of fused-ring (bicyclic) bond motifs is 1. The predicted molar refractivity (Wildman–Crippen MR) is 121 cm³/mol. The number of rotatable bonds is 9. The molecular formula is C25H32N4O. The van der Waals surface area contributed by atoms with Gasteiger partial charge in [0, 0.05) is 63.5 Å². The Kier molecular flexibility index (Phi) is 7.40. The molecule has 0 radical (unpaired) electrons. The zero-order chi connectivity index (χ0) is 20.6. The molecule has 0 N–H and O–H groups in total. The van der Waals surface area contributed by atoms with Crippen LogP contribution in [-0.4, -0.2) is 59.7 Å². The van der Waals surface area contributed by atoms with Crippen molar-refractivity contribution in [2.45, 2.75) is 25.9 Å². The third-order valence-corrected chi connectivity index (χ3v) is 6.16. The van der Waals surface area contributed by atoms with Gasteiger partial charge in [-0.05, 0) is 66.6 Å². The van der Waals surface area contributed by atoms with Gasteiger partial charge < -0.3 is 9.64 Å². The maximum Gasteiger partial charge on any atom is 0.0589 e. The van der Waals surface area contributed by atoms with Crippen LogP contribution in [0.3, 0.4) is 0 Å². The van der Waals surface area contributed by atoms with Crippen molar-refractivity contribution in [2.24, 2.45) is 5.92 Å². The van der Waals surface area contributed by atoms with Gasteiger partial charge in [-0.2, -0.15) is 0 Å². The molecule has 1 saturated heterocycles. The molecule has 5 heteroatoms. The maximum atomic E-state index is 5.24. The molecular weight excluding hydrogens is 372 g/mol. The fraction of sp³-hybridized carbons (Fsp3) is 0.440. The van der Waals surface area contributed by atoms with Gasteiger partial charge in [0.2, 0.25) is 0 Å². The number of aromatic nitrogens is 2. The molecule has 3 heterocycles. The number of hydrogen-bond acceptors (Lipinski definition) is 5. The quantitative estimate of drug-likeness (QED) is 0.539. The van der Waals surface area contributed by atoms with Crippen LogP contribution in [0.2, 0.25) is 0 Å². The SMILES string of the molecule is COCCN1CCC(CN(Cc2ccncc2)Cc2cccc3cnccc23)CC1. The highest BCUT2D eigenvalue weighted by atomic mass is 16.5. The van der Waals surface area contributed by atoms with Gasteiger partial charge in [0.1, 0.15) is 0 Å². The molecule has 5 nitrogen and oxygen atoms in total. The first-order chi connectivity index (χ1) is 14.8. The topological polar surface area (TPSA) is 41.5 Å². The molecule has 4 rings (SSSR count). The molecule has 1 aliphatic rings. The maximum absolute atomic E-state index is 5.24. The lowest BCUT2D eigenvalue weighted by molar-refractivity contribution is 0.104. The first-order valence-corrected chi connectivity index (χ1v) is 11.0. The molecule has 1 aliphatic heterocycles. The zero-order valence-electron chi connectivity index (χ0n) is 17.9. The third-order valence-electron chi connectivity index (χ3n) is 6.16. The van der Waals surface area contributed by atoms with Gasteiger partial charge in [-0.15, -0.1) is 0 Å². The van der Waals surface area contributed by atoms with Gasteiger partial charge in [0.05, 0.1) is 6.61 Å². The van der Waals surface area contributed by atoms with Crippen LogP contribution in [-0.2, 0) is 17.8 Å². The summed E-state index contributed by atoms with van der Waals surface area (Å²) in [6.07, 6.45) is 10.2. The van der Waals surface area contributed by atoms with Crippen LogP contribution in [0.25, 0.3) is 10.8 Å². The summed E-state index contributed by atoms with van der Waals surface area (Å²) >= 11 is 0. The number of piperidine rings is 1. The minimum Gasteiger partial charge on any atom is -0.383 e. The molecule has 2 aromatic heterocycles. The lowest BCUT2D eigenvalue weighted by atomic mass is 9.95. The number of benzene rings is 1. The average molecular weight is 405 g/mol. The average Bonchev–Trinajstić information content (AvgIpc) is 2.79. The minimum atomic E-state index is 0.738. The third kappa shape index (κ3) is 5.63. The van der Waals surface area contributed by atoms with E-state index in [1.54, 1.807) is 7.11 Å². The van der Waals surface area contributed by atoms with Crippen molar-refractivity contribution in [1.82, 2.24) is 19.8 Å². The summed E-state index contributed by atoms with van der Waals surface area (Å²) in [5.74, 6) is 0.738. The largest absolute Gasteiger partial charge is 0.383 e. The van der Waals surface area contributed by atoms with Crippen LogP contribution in [0.15, 0.2) is 61.2 Å². The highest BCUT2D eigenvalue weighted by Gasteiger charge is 2.22. The lowest BCUT2D eigenvalue weighted by Crippen LogP contribution is -2.39. The number of pyridine rings is 2. The normalized spacial score (nSPS) is 15.8. The Morgan fingerprint density at radius 3 is 2.60 bits per heavy atom. The Morgan fingerprint density at radius 1 is 1.00 bits per heavy atom. The number of ether oxygens (including phenoxy) is 1. The Morgan fingerprint density at radius 2 is 1.80 bits per heavy atom. The van der Waals surface area contributed by atoms with Crippen molar-refractivity contribution in [3.63, 3.8) is 0 Å². The van der Waals surface area contributed by atoms with E-state index in [0.717, 1.165) is 38.7 Å². The van der Waals surface area contributed by atoms with E-state index in [0.29, 0.717) is 0 Å². The van der Waals surface area contributed by atoms with Crippen molar-refractivity contribution < 1.29 is 4.74 Å². The van der Waals surface area contributed by atoms with Gasteiger partial charge in [-0.3, -0.25) is 14.9 Å². The van der Waals surface area contributed by atoms with Crippen molar-refractivity contribution in [1.29, 1.82) is 0 Å². The fourth-order valence-corrected chi connectivity index (χ4v) is 4.48. The molecule has 0 aliphatic carbocycles. The molecule has 158 valence electrons. The van der Waals surface area contributed by atoms with Gasteiger partial charge in [0.15, 0.2) is 0 Å². The second-order valence-electron chi connectivity index (χ2n) is 8.32. The molecule has 3 aromatic rings. The Hall–Kier alpha value is -2.34. The fourth-order valence-electron chi connectivity index (χ4n) is 4.48. The summed E-state index contributed by atoms with van der Waals surface area (Å²) in [7, 11) is 1.78. The first-order valence-electron chi connectivity index (χ1n) is 11.0. The van der Waals surface area contributed by atoms with Crippen molar-refractivity contribution in [3.8, 4) is 0 Å². The standard InChI is InChI=1S/C25H32N4O/c1-30-16-15-28-13-8-22(9-14-28)19-29(18-21-5-10-26-11-6-21)20-24-4-2-3-23-17-27-12-7-25(23)24/h2-7,10-12,17,22H,8-9,13-16,18-20H2,1H3. The van der Waals surface area contributed by atoms with Crippen LogP contribution in [0, 0.1) is 5.92 Å². The van der Waals surface area contributed by atoms with E-state index in [1.165, 1.54) is 47.8 Å². The number of hydrogen-bond donors (Lipinski definition) is 0. The van der Waals surface area contributed by atoms with Crippen molar-refractivity contribution in [3.05, 3.63) is 72.3 Å². The van der Waals surface area contributed by atoms with E-state index >= 15 is 0 Å². The van der Waals surface area contributed by atoms with Gasteiger partial charge in [-0.1, -0.05) is 18.2 Å². The molecule has 1 aromatic carbocycles. The summed E-state index contributed by atoms with van der Waals surface area (Å²) in [4.78, 5) is 13.6. The summed E-state index contributed by atoms with van der Waals surface area (Å²) in [5.41, 5.74) is 2.70. The smallest absolute Gasteiger partial charge is 0.0589 e. The zero-order valence-corrected chi connectivity index (χ0v) is 17.9. The van der Waals surface area contributed by atoms with Gasteiger partial charge >= 0.3 is 0 Å². The minimum absolute atomic E-state index is 0.738. The van der Waals surface area contributed by atoms with Gasteiger partial charge in [0.25, 0.3) is 0 Å². The molecule has 0 unspecified atom stereocenters. The van der Waals surface area contributed by atoms with Crippen molar-refractivity contribution in [2.75, 3.05) is 39.9 Å². The molecule has 0 amide bonds. The molecule has 0 saturated carbocycles. The van der Waals surface area contributed by atoms with Crippen LogP contribution >= 0.6 is 0 Å². The van der Waals surface area contributed by atoms with E-state index in [1.807, 2.05) is 24.8 Å². The van der Waals surface area contributed by atoms with E-state index in [9.17, 15) is 0 Å². The summed E-state index contributed by atoms with van der Waals surface area (Å²) in [5, 5.41) is 2.52. The first kappa shape index (κ1) is 20.9. The summed E-state index contributed by atoms with van der Waals surface area (Å²) in [6, 6.07) is 13.0. The number of methoxy groups -OCH3 is 1. The second-order valence-corrected chi connectivity index (χ2v) is 8.32. The highest BCUT2D eigenvalue weighted by Crippen LogP contribution is 2.23. The lowest BCUT2D eigenvalue weighted by Gasteiger charge is -2.35. The van der Waals surface area contributed by atoms with Gasteiger partial charge in [-0.25, -0.2) is 0 Å². The summed E-state index contributed by atoms with van der Waals surface area (Å²) in [6.45, 7) is 7.26. The monoisotopic (exact) mass is 404 g/mol. The molecule has 1 fully saturated rings. The molecule has 0 bridgehead atoms. The van der Waals surface area contributed by atoms with Crippen LogP contribution < -0.4 is 0 Å². The van der Waals surface area contributed by atoms with Crippen molar-refractivity contribution >= 4 is 10.8 Å². The number of likely N-dealkylation sites (tertiary alicyclic amines) is 1. The predicted octanol–water partition coefficient (Wildman–Crippen LogP) is 3.99. The molecule has 30 heavy (non-hydrogen) atoms. The van der Waals surface area contributed by atoms with Crippen LogP contribution in [0.1, 0.15) is 24.0 Å². The second kappa shape index (κ2) is 10.6.